The van der Waals surface area contributed by atoms with E-state index in [0.29, 0.717) is 24.3 Å². The average Bonchev–Trinajstić information content (AvgIpc) is 2.94. The van der Waals surface area contributed by atoms with Gasteiger partial charge in [0, 0.05) is 35.1 Å². The summed E-state index contributed by atoms with van der Waals surface area (Å²) in [4.78, 5) is 51.7. The molecule has 0 fully saturated rings. The summed E-state index contributed by atoms with van der Waals surface area (Å²) in [6.07, 6.45) is -0.175. The number of rotatable bonds is 10. The summed E-state index contributed by atoms with van der Waals surface area (Å²) in [6.45, 7) is 35.4. The van der Waals surface area contributed by atoms with E-state index >= 15 is 0 Å². The number of carbonyl (C=O) groups is 4. The van der Waals surface area contributed by atoms with Crippen LogP contribution in [0.15, 0.2) is 24.3 Å². The van der Waals surface area contributed by atoms with Crippen molar-refractivity contribution in [3.63, 3.8) is 0 Å². The lowest BCUT2D eigenvalue weighted by atomic mass is 9.78. The summed E-state index contributed by atoms with van der Waals surface area (Å²) in [7, 11) is 0. The normalized spacial score (nSPS) is 12.9. The first-order valence-corrected chi connectivity index (χ1v) is 19.1. The van der Waals surface area contributed by atoms with Crippen molar-refractivity contribution in [2.75, 3.05) is 6.54 Å². The van der Waals surface area contributed by atoms with Crippen LogP contribution in [0.3, 0.4) is 0 Å². The van der Waals surface area contributed by atoms with Gasteiger partial charge in [0.2, 0.25) is 5.91 Å². The van der Waals surface area contributed by atoms with Crippen molar-refractivity contribution in [1.82, 2.24) is 5.32 Å². The number of Topliss-reactive ketones (excluding diaryl/α,β-unsaturated/α-hetero) is 1. The molecule has 0 unspecified atom stereocenters. The molecule has 0 bridgehead atoms. The van der Waals surface area contributed by atoms with Crippen LogP contribution in [-0.4, -0.2) is 41.7 Å². The molecule has 0 atom stereocenters. The van der Waals surface area contributed by atoms with Crippen LogP contribution in [0.5, 0.6) is 11.5 Å². The van der Waals surface area contributed by atoms with E-state index in [-0.39, 0.29) is 52.7 Å². The third kappa shape index (κ3) is 14.7. The van der Waals surface area contributed by atoms with Crippen molar-refractivity contribution >= 4 is 24.0 Å². The monoisotopic (exact) mass is 752 g/mol. The Hall–Kier alpha value is -3.88. The largest absolute Gasteiger partial charge is 0.514 e. The fraction of sp³-hybridized carbons (Fsp3) is 0.644. The number of hydrogen-bond donors (Lipinski definition) is 1. The lowest BCUT2D eigenvalue weighted by molar-refractivity contribution is -0.125. The molecule has 9 heteroatoms. The summed E-state index contributed by atoms with van der Waals surface area (Å²) < 4.78 is 22.7. The molecular weight excluding hydrogens is 682 g/mol. The summed E-state index contributed by atoms with van der Waals surface area (Å²) >= 11 is 0. The zero-order valence-electron chi connectivity index (χ0n) is 36.6. The topological polar surface area (TPSA) is 117 Å². The zero-order valence-corrected chi connectivity index (χ0v) is 36.6. The van der Waals surface area contributed by atoms with Crippen molar-refractivity contribution in [2.45, 2.75) is 183 Å². The molecule has 2 aromatic rings. The number of aryl methyl sites for hydroxylation is 2. The number of amides is 1. The third-order valence-electron chi connectivity index (χ3n) is 8.50. The Labute approximate surface area is 325 Å². The smallest absolute Gasteiger partial charge is 0.428 e. The lowest BCUT2D eigenvalue weighted by Crippen LogP contribution is -2.30. The molecule has 0 saturated heterocycles. The average molecular weight is 752 g/mol. The van der Waals surface area contributed by atoms with Gasteiger partial charge in [-0.1, -0.05) is 107 Å². The number of ether oxygens (including phenoxy) is 4. The van der Waals surface area contributed by atoms with E-state index in [0.717, 1.165) is 33.4 Å². The minimum absolute atomic E-state index is 0.0694. The van der Waals surface area contributed by atoms with Crippen molar-refractivity contribution < 1.29 is 38.1 Å². The van der Waals surface area contributed by atoms with Gasteiger partial charge in [-0.3, -0.25) is 9.59 Å². The standard InChI is InChI=1S/C45H69NO8/c1-40(2,3)31-23-28(24-32(41(4,5)6)36(31)51-38(49)53-44(13,14)15)19-21-30(47)27-46-35(48)22-20-29-25-33(42(7,8)9)37(34(26-29)43(10,11)12)52-39(50)54-45(16,17)18/h23-26H,19-22,27H2,1-18H3,(H,46,48). The molecule has 1 N–H and O–H groups in total. The van der Waals surface area contributed by atoms with E-state index in [1.807, 2.05) is 24.3 Å². The molecule has 0 radical (unpaired) electrons. The summed E-state index contributed by atoms with van der Waals surface area (Å²) in [5.41, 5.74) is 2.42. The number of nitrogens with one attached hydrogen (secondary N) is 1. The fourth-order valence-corrected chi connectivity index (χ4v) is 5.74. The predicted octanol–water partition coefficient (Wildman–Crippen LogP) is 10.8. The molecule has 2 aromatic carbocycles. The van der Waals surface area contributed by atoms with Crippen LogP contribution in [0.25, 0.3) is 0 Å². The first kappa shape index (κ1) is 46.3. The van der Waals surface area contributed by atoms with Crippen LogP contribution in [0.2, 0.25) is 0 Å². The second-order valence-corrected chi connectivity index (χ2v) is 20.5. The van der Waals surface area contributed by atoms with Gasteiger partial charge >= 0.3 is 12.3 Å². The van der Waals surface area contributed by atoms with Crippen molar-refractivity contribution in [1.29, 1.82) is 0 Å². The second-order valence-electron chi connectivity index (χ2n) is 20.5. The van der Waals surface area contributed by atoms with Gasteiger partial charge in [-0.05, 0) is 87.2 Å². The van der Waals surface area contributed by atoms with Crippen molar-refractivity contribution in [3.05, 3.63) is 57.6 Å². The molecule has 0 saturated carbocycles. The molecule has 9 nitrogen and oxygen atoms in total. The van der Waals surface area contributed by atoms with Crippen molar-refractivity contribution in [3.8, 4) is 11.5 Å². The Morgan fingerprint density at radius 1 is 0.481 bits per heavy atom. The van der Waals surface area contributed by atoms with Gasteiger partial charge in [0.15, 0.2) is 5.78 Å². The maximum Gasteiger partial charge on any atom is 0.514 e. The molecule has 302 valence electrons. The molecule has 0 aliphatic carbocycles. The van der Waals surface area contributed by atoms with Gasteiger partial charge in [-0.25, -0.2) is 9.59 Å². The number of benzene rings is 2. The van der Waals surface area contributed by atoms with Gasteiger partial charge < -0.3 is 24.3 Å². The molecule has 0 heterocycles. The lowest BCUT2D eigenvalue weighted by Gasteiger charge is -2.30. The van der Waals surface area contributed by atoms with Crippen LogP contribution in [0.4, 0.5) is 9.59 Å². The van der Waals surface area contributed by atoms with E-state index in [1.165, 1.54) is 0 Å². The Morgan fingerprint density at radius 3 is 1.06 bits per heavy atom. The Kier molecular flexibility index (Phi) is 14.5. The van der Waals surface area contributed by atoms with Crippen LogP contribution < -0.4 is 14.8 Å². The van der Waals surface area contributed by atoms with Gasteiger partial charge in [-0.15, -0.1) is 0 Å². The first-order valence-electron chi connectivity index (χ1n) is 19.1. The summed E-state index contributed by atoms with van der Waals surface area (Å²) in [5.74, 6) is 0.667. The summed E-state index contributed by atoms with van der Waals surface area (Å²) in [5, 5.41) is 2.81. The van der Waals surface area contributed by atoms with E-state index in [4.69, 9.17) is 18.9 Å². The number of hydrogen-bond acceptors (Lipinski definition) is 8. The van der Waals surface area contributed by atoms with Gasteiger partial charge in [0.25, 0.3) is 0 Å². The summed E-state index contributed by atoms with van der Waals surface area (Å²) in [6, 6.07) is 7.99. The van der Waals surface area contributed by atoms with Crippen LogP contribution in [-0.2, 0) is 53.6 Å². The quantitative estimate of drug-likeness (QED) is 0.188. The minimum atomic E-state index is -0.760. The van der Waals surface area contributed by atoms with Crippen LogP contribution in [0.1, 0.15) is 171 Å². The highest BCUT2D eigenvalue weighted by atomic mass is 16.7. The predicted molar refractivity (Wildman–Crippen MR) is 216 cm³/mol. The van der Waals surface area contributed by atoms with E-state index in [9.17, 15) is 19.2 Å². The highest BCUT2D eigenvalue weighted by Gasteiger charge is 2.32. The molecule has 0 aromatic heterocycles. The third-order valence-corrected chi connectivity index (χ3v) is 8.50. The van der Waals surface area contributed by atoms with Crippen LogP contribution >= 0.6 is 0 Å². The Bertz CT molecular complexity index is 1480. The number of carbonyl (C=O) groups excluding carboxylic acids is 4. The molecule has 54 heavy (non-hydrogen) atoms. The highest BCUT2D eigenvalue weighted by Crippen LogP contribution is 2.43. The molecule has 2 rings (SSSR count). The van der Waals surface area contributed by atoms with E-state index < -0.39 is 23.5 Å². The molecule has 0 aliphatic rings. The van der Waals surface area contributed by atoms with E-state index in [2.05, 4.69) is 88.4 Å². The molecule has 0 aliphatic heterocycles. The SMILES string of the molecule is CC(C)(C)OC(=O)Oc1c(C(C)(C)C)cc(CCC(=O)CNC(=O)CCc2cc(C(C)(C)C)c(OC(=O)OC(C)(C)C)c(C(C)(C)C)c2)cc1C(C)(C)C. The zero-order chi connectivity index (χ0) is 41.8. The molecular formula is C45H69NO8. The van der Waals surface area contributed by atoms with Gasteiger partial charge in [0.1, 0.15) is 22.7 Å². The van der Waals surface area contributed by atoms with E-state index in [1.54, 1.807) is 41.5 Å². The molecule has 0 spiro atoms. The highest BCUT2D eigenvalue weighted by molar-refractivity contribution is 5.86. The maximum atomic E-state index is 13.1. The first-order chi connectivity index (χ1) is 24.2. The Morgan fingerprint density at radius 2 is 0.778 bits per heavy atom. The van der Waals surface area contributed by atoms with Gasteiger partial charge in [-0.2, -0.15) is 0 Å². The second kappa shape index (κ2) is 16.9. The fourth-order valence-electron chi connectivity index (χ4n) is 5.74. The Balaban J connectivity index is 2.22. The van der Waals surface area contributed by atoms with Crippen LogP contribution in [0, 0.1) is 0 Å². The molecule has 1 amide bonds. The van der Waals surface area contributed by atoms with Gasteiger partial charge in [0.05, 0.1) is 6.54 Å². The maximum absolute atomic E-state index is 13.1. The van der Waals surface area contributed by atoms with Crippen molar-refractivity contribution in [2.24, 2.45) is 0 Å². The minimum Gasteiger partial charge on any atom is -0.428 e. The number of ketones is 1.